The van der Waals surface area contributed by atoms with Crippen molar-refractivity contribution in [3.63, 3.8) is 0 Å². The second-order valence-corrected chi connectivity index (χ2v) is 4.92. The number of benzene rings is 1. The van der Waals surface area contributed by atoms with E-state index in [0.717, 1.165) is 4.90 Å². The van der Waals surface area contributed by atoms with Gasteiger partial charge in [-0.15, -0.1) is 0 Å². The fourth-order valence-corrected chi connectivity index (χ4v) is 2.14. The van der Waals surface area contributed by atoms with Crippen molar-refractivity contribution < 1.29 is 14.4 Å². The topological polar surface area (TPSA) is 66.5 Å². The first kappa shape index (κ1) is 14.0. The van der Waals surface area contributed by atoms with Crippen LogP contribution in [0.5, 0.6) is 0 Å². The predicted molar refractivity (Wildman–Crippen MR) is 74.7 cm³/mol. The zero-order valence-corrected chi connectivity index (χ0v) is 11.4. The molecule has 0 saturated heterocycles. The fraction of sp³-hybridized carbons (Fsp3) is 0.267. The van der Waals surface area contributed by atoms with E-state index < -0.39 is 17.9 Å². The second-order valence-electron chi connectivity index (χ2n) is 4.92. The third-order valence-corrected chi connectivity index (χ3v) is 3.06. The summed E-state index contributed by atoms with van der Waals surface area (Å²) in [6.07, 6.45) is 2.38. The number of amides is 3. The lowest BCUT2D eigenvalue weighted by Crippen LogP contribution is -2.50. The second kappa shape index (κ2) is 5.69. The first-order valence-electron chi connectivity index (χ1n) is 6.42. The van der Waals surface area contributed by atoms with Crippen molar-refractivity contribution >= 4 is 23.4 Å². The number of carbonyl (C=O) groups excluding carboxylic acids is 3. The highest BCUT2D eigenvalue weighted by atomic mass is 16.2. The molecule has 1 aromatic rings. The van der Waals surface area contributed by atoms with Crippen molar-refractivity contribution in [2.75, 3.05) is 5.32 Å². The molecule has 3 amide bonds. The normalized spacial score (nSPS) is 15.8. The van der Waals surface area contributed by atoms with Gasteiger partial charge >= 0.3 is 0 Å². The largest absolute Gasteiger partial charge is 0.324 e. The molecule has 0 bridgehead atoms. The summed E-state index contributed by atoms with van der Waals surface area (Å²) >= 11 is 0. The summed E-state index contributed by atoms with van der Waals surface area (Å²) in [6.45, 7) is 3.60. The molecule has 0 radical (unpaired) electrons. The van der Waals surface area contributed by atoms with E-state index in [0.29, 0.717) is 5.69 Å². The van der Waals surface area contributed by atoms with Crippen LogP contribution < -0.4 is 5.32 Å². The Labute approximate surface area is 117 Å². The van der Waals surface area contributed by atoms with E-state index in [2.05, 4.69) is 5.32 Å². The molecule has 0 saturated carbocycles. The maximum Gasteiger partial charge on any atom is 0.254 e. The summed E-state index contributed by atoms with van der Waals surface area (Å²) in [6, 6.07) is 8.13. The Bertz CT molecular complexity index is 546. The highest BCUT2D eigenvalue weighted by molar-refractivity contribution is 6.16. The van der Waals surface area contributed by atoms with E-state index in [4.69, 9.17) is 0 Å². The number of rotatable bonds is 4. The van der Waals surface area contributed by atoms with Gasteiger partial charge in [0.05, 0.1) is 0 Å². The molecule has 1 heterocycles. The van der Waals surface area contributed by atoms with Crippen LogP contribution in [0.3, 0.4) is 0 Å². The van der Waals surface area contributed by atoms with Crippen molar-refractivity contribution in [2.24, 2.45) is 5.92 Å². The minimum absolute atomic E-state index is 0.175. The Balaban J connectivity index is 2.19. The molecule has 104 valence electrons. The summed E-state index contributed by atoms with van der Waals surface area (Å²) in [5.74, 6) is -1.43. The average molecular weight is 272 g/mol. The number of imide groups is 1. The van der Waals surface area contributed by atoms with Gasteiger partial charge in [0.1, 0.15) is 6.04 Å². The lowest BCUT2D eigenvalue weighted by Gasteiger charge is -2.28. The van der Waals surface area contributed by atoms with Crippen LogP contribution >= 0.6 is 0 Å². The molecule has 1 aromatic carbocycles. The monoisotopic (exact) mass is 272 g/mol. The highest BCUT2D eigenvalue weighted by Gasteiger charge is 2.37. The molecule has 0 aromatic heterocycles. The van der Waals surface area contributed by atoms with E-state index in [9.17, 15) is 14.4 Å². The van der Waals surface area contributed by atoms with Gasteiger partial charge in [-0.05, 0) is 18.1 Å². The van der Waals surface area contributed by atoms with Crippen LogP contribution in [0.15, 0.2) is 42.5 Å². The number of anilines is 1. The minimum atomic E-state index is -0.815. The first-order chi connectivity index (χ1) is 9.50. The number of hydrogen-bond donors (Lipinski definition) is 1. The molecule has 0 spiro atoms. The van der Waals surface area contributed by atoms with Gasteiger partial charge in [0, 0.05) is 17.8 Å². The number of nitrogens with one attached hydrogen (secondary N) is 1. The summed E-state index contributed by atoms with van der Waals surface area (Å²) in [4.78, 5) is 36.8. The van der Waals surface area contributed by atoms with Gasteiger partial charge in [0.2, 0.25) is 5.91 Å². The van der Waals surface area contributed by atoms with Gasteiger partial charge in [0.25, 0.3) is 11.8 Å². The van der Waals surface area contributed by atoms with Gasteiger partial charge in [-0.1, -0.05) is 32.0 Å². The number of carbonyl (C=O) groups is 3. The van der Waals surface area contributed by atoms with Crippen LogP contribution in [0.1, 0.15) is 13.8 Å². The molecular formula is C15H16N2O3. The Hall–Kier alpha value is -2.43. The van der Waals surface area contributed by atoms with Crippen LogP contribution in [0.2, 0.25) is 0 Å². The first-order valence-corrected chi connectivity index (χ1v) is 6.42. The van der Waals surface area contributed by atoms with Gasteiger partial charge in [-0.3, -0.25) is 19.3 Å². The molecule has 0 unspecified atom stereocenters. The molecule has 1 N–H and O–H groups in total. The van der Waals surface area contributed by atoms with Crippen molar-refractivity contribution in [3.05, 3.63) is 42.5 Å². The minimum Gasteiger partial charge on any atom is -0.324 e. The van der Waals surface area contributed by atoms with Crippen LogP contribution in [-0.2, 0) is 14.4 Å². The lowest BCUT2D eigenvalue weighted by molar-refractivity contribution is -0.145. The maximum absolute atomic E-state index is 12.3. The molecule has 1 atom stereocenters. The standard InChI is InChI=1S/C15H16N2O3/c1-10(2)14(17-12(18)8-9-13(17)19)15(20)16-11-6-4-3-5-7-11/h3-10,14H,1-2H3,(H,16,20)/t14-/m0/s1. The fourth-order valence-electron chi connectivity index (χ4n) is 2.14. The molecule has 2 rings (SSSR count). The third-order valence-electron chi connectivity index (χ3n) is 3.06. The molecule has 20 heavy (non-hydrogen) atoms. The Morgan fingerprint density at radius 2 is 1.60 bits per heavy atom. The molecule has 0 fully saturated rings. The number of nitrogens with zero attached hydrogens (tertiary/aromatic N) is 1. The molecular weight excluding hydrogens is 256 g/mol. The summed E-state index contributed by atoms with van der Waals surface area (Å²) in [5.41, 5.74) is 0.634. The number of para-hydroxylation sites is 1. The quantitative estimate of drug-likeness (QED) is 0.846. The zero-order valence-electron chi connectivity index (χ0n) is 11.4. The summed E-state index contributed by atoms with van der Waals surface area (Å²) < 4.78 is 0. The van der Waals surface area contributed by atoms with Crippen LogP contribution in [0.25, 0.3) is 0 Å². The van der Waals surface area contributed by atoms with Gasteiger partial charge in [0.15, 0.2) is 0 Å². The van der Waals surface area contributed by atoms with Crippen LogP contribution in [0, 0.1) is 5.92 Å². The van der Waals surface area contributed by atoms with E-state index in [1.807, 2.05) is 6.07 Å². The summed E-state index contributed by atoms with van der Waals surface area (Å²) in [5, 5.41) is 2.73. The third kappa shape index (κ3) is 2.77. The van der Waals surface area contributed by atoms with E-state index in [1.54, 1.807) is 38.1 Å². The van der Waals surface area contributed by atoms with Gasteiger partial charge in [-0.25, -0.2) is 0 Å². The maximum atomic E-state index is 12.3. The van der Waals surface area contributed by atoms with Gasteiger partial charge < -0.3 is 5.32 Å². The molecule has 1 aliphatic heterocycles. The summed E-state index contributed by atoms with van der Waals surface area (Å²) in [7, 11) is 0. The zero-order chi connectivity index (χ0) is 14.7. The molecule has 5 nitrogen and oxygen atoms in total. The average Bonchev–Trinajstić information content (AvgIpc) is 2.72. The van der Waals surface area contributed by atoms with E-state index in [1.165, 1.54) is 12.2 Å². The van der Waals surface area contributed by atoms with E-state index >= 15 is 0 Å². The smallest absolute Gasteiger partial charge is 0.254 e. The lowest BCUT2D eigenvalue weighted by atomic mass is 10.0. The Kier molecular flexibility index (Phi) is 3.98. The van der Waals surface area contributed by atoms with Crippen LogP contribution in [-0.4, -0.2) is 28.7 Å². The van der Waals surface area contributed by atoms with Crippen molar-refractivity contribution in [1.29, 1.82) is 0 Å². The number of hydrogen-bond acceptors (Lipinski definition) is 3. The van der Waals surface area contributed by atoms with E-state index in [-0.39, 0.29) is 11.8 Å². The Morgan fingerprint density at radius 3 is 2.10 bits per heavy atom. The van der Waals surface area contributed by atoms with Gasteiger partial charge in [-0.2, -0.15) is 0 Å². The molecule has 1 aliphatic rings. The Morgan fingerprint density at radius 1 is 1.05 bits per heavy atom. The van der Waals surface area contributed by atoms with Crippen molar-refractivity contribution in [1.82, 2.24) is 4.90 Å². The molecule has 5 heteroatoms. The SMILES string of the molecule is CC(C)[C@@H](C(=O)Nc1ccccc1)N1C(=O)C=CC1=O. The molecule has 0 aliphatic carbocycles. The van der Waals surface area contributed by atoms with Crippen molar-refractivity contribution in [3.8, 4) is 0 Å². The van der Waals surface area contributed by atoms with Crippen LogP contribution in [0.4, 0.5) is 5.69 Å². The predicted octanol–water partition coefficient (Wildman–Crippen LogP) is 1.57. The van der Waals surface area contributed by atoms with Crippen molar-refractivity contribution in [2.45, 2.75) is 19.9 Å². The highest BCUT2D eigenvalue weighted by Crippen LogP contribution is 2.18.